The monoisotopic (exact) mass is 344 g/mol. The molecule has 3 heterocycles. The van der Waals surface area contributed by atoms with Crippen LogP contribution in [0.15, 0.2) is 67.0 Å². The van der Waals surface area contributed by atoms with E-state index in [4.69, 9.17) is 0 Å². The zero-order valence-electron chi connectivity index (χ0n) is 14.9. The number of aliphatic hydroxyl groups is 1. The van der Waals surface area contributed by atoms with Crippen molar-refractivity contribution in [3.8, 4) is 0 Å². The van der Waals surface area contributed by atoms with Gasteiger partial charge in [-0.15, -0.1) is 0 Å². The first-order valence-corrected chi connectivity index (χ1v) is 9.58. The second-order valence-electron chi connectivity index (χ2n) is 7.89. The highest BCUT2D eigenvalue weighted by Crippen LogP contribution is 2.47. The van der Waals surface area contributed by atoms with Gasteiger partial charge in [0.25, 0.3) is 0 Å². The lowest BCUT2D eigenvalue weighted by Crippen LogP contribution is -2.49. The van der Waals surface area contributed by atoms with E-state index in [1.165, 1.54) is 18.4 Å². The smallest absolute Gasteiger partial charge is 0.0947 e. The van der Waals surface area contributed by atoms with Gasteiger partial charge in [0.15, 0.2) is 0 Å². The van der Waals surface area contributed by atoms with Gasteiger partial charge in [-0.05, 0) is 36.6 Å². The Morgan fingerprint density at radius 2 is 1.62 bits per heavy atom. The normalized spacial score (nSPS) is 28.5. The van der Waals surface area contributed by atoms with Crippen molar-refractivity contribution in [2.45, 2.75) is 49.9 Å². The van der Waals surface area contributed by atoms with Crippen LogP contribution in [0.5, 0.6) is 0 Å². The standard InChI is InChI=1S/C23H24N2O/c26-23(22-15-24-14-18-8-4-5-9-21(18)22)12-19-10-11-20(13-23)25(19)16-17-6-2-1-3-7-17/h1-9,14-15,19-20,26H,10-13,16H2. The van der Waals surface area contributed by atoms with E-state index in [2.05, 4.69) is 52.3 Å². The molecular weight excluding hydrogens is 320 g/mol. The van der Waals surface area contributed by atoms with Crippen molar-refractivity contribution in [2.24, 2.45) is 0 Å². The Balaban J connectivity index is 1.46. The van der Waals surface area contributed by atoms with E-state index in [1.807, 2.05) is 24.5 Å². The van der Waals surface area contributed by atoms with Gasteiger partial charge in [0.1, 0.15) is 0 Å². The summed E-state index contributed by atoms with van der Waals surface area (Å²) in [5.41, 5.74) is 1.60. The predicted molar refractivity (Wildman–Crippen MR) is 104 cm³/mol. The van der Waals surface area contributed by atoms with E-state index in [-0.39, 0.29) is 0 Å². The molecule has 1 aromatic heterocycles. The Labute approximate surface area is 154 Å². The number of piperidine rings is 1. The van der Waals surface area contributed by atoms with Crippen LogP contribution in [0.4, 0.5) is 0 Å². The average molecular weight is 344 g/mol. The molecule has 3 heteroatoms. The maximum absolute atomic E-state index is 11.6. The minimum Gasteiger partial charge on any atom is -0.385 e. The molecule has 5 rings (SSSR count). The fourth-order valence-electron chi connectivity index (χ4n) is 5.08. The van der Waals surface area contributed by atoms with E-state index < -0.39 is 5.60 Å². The molecule has 2 unspecified atom stereocenters. The van der Waals surface area contributed by atoms with Crippen LogP contribution in [-0.2, 0) is 12.1 Å². The van der Waals surface area contributed by atoms with Crippen LogP contribution in [0.2, 0.25) is 0 Å². The number of fused-ring (bicyclic) bond motifs is 3. The molecule has 2 fully saturated rings. The molecule has 0 aliphatic carbocycles. The van der Waals surface area contributed by atoms with Gasteiger partial charge in [0.05, 0.1) is 5.60 Å². The second kappa shape index (κ2) is 6.19. The third-order valence-corrected chi connectivity index (χ3v) is 6.30. The van der Waals surface area contributed by atoms with Crippen LogP contribution in [0.3, 0.4) is 0 Å². The molecule has 2 bridgehead atoms. The number of benzene rings is 2. The zero-order valence-corrected chi connectivity index (χ0v) is 14.9. The molecule has 0 spiro atoms. The summed E-state index contributed by atoms with van der Waals surface area (Å²) in [5.74, 6) is 0. The Kier molecular flexibility index (Phi) is 3.80. The maximum Gasteiger partial charge on any atom is 0.0947 e. The van der Waals surface area contributed by atoms with Gasteiger partial charge < -0.3 is 5.11 Å². The van der Waals surface area contributed by atoms with Gasteiger partial charge in [0.2, 0.25) is 0 Å². The van der Waals surface area contributed by atoms with Crippen molar-refractivity contribution < 1.29 is 5.11 Å². The number of hydrogen-bond donors (Lipinski definition) is 1. The molecule has 2 aliphatic heterocycles. The molecule has 2 aliphatic rings. The molecule has 3 aromatic rings. The van der Waals surface area contributed by atoms with Crippen LogP contribution >= 0.6 is 0 Å². The topological polar surface area (TPSA) is 36.4 Å². The third kappa shape index (κ3) is 2.63. The third-order valence-electron chi connectivity index (χ3n) is 6.30. The highest BCUT2D eigenvalue weighted by atomic mass is 16.3. The molecule has 26 heavy (non-hydrogen) atoms. The summed E-state index contributed by atoms with van der Waals surface area (Å²) in [6.07, 6.45) is 7.73. The maximum atomic E-state index is 11.6. The minimum absolute atomic E-state index is 0.443. The molecular formula is C23H24N2O. The van der Waals surface area contributed by atoms with Gasteiger partial charge in [0, 0.05) is 42.0 Å². The Hall–Kier alpha value is -2.23. The Morgan fingerprint density at radius 1 is 0.923 bits per heavy atom. The van der Waals surface area contributed by atoms with E-state index in [0.717, 1.165) is 35.7 Å². The molecule has 132 valence electrons. The van der Waals surface area contributed by atoms with Crippen LogP contribution in [0, 0.1) is 0 Å². The Bertz CT molecular complexity index is 904. The highest BCUT2D eigenvalue weighted by Gasteiger charge is 2.48. The lowest BCUT2D eigenvalue weighted by Gasteiger charge is -2.44. The van der Waals surface area contributed by atoms with E-state index in [0.29, 0.717) is 12.1 Å². The molecule has 0 radical (unpaired) electrons. The van der Waals surface area contributed by atoms with Gasteiger partial charge in [-0.1, -0.05) is 54.6 Å². The van der Waals surface area contributed by atoms with Crippen molar-refractivity contribution in [1.29, 1.82) is 0 Å². The first-order valence-electron chi connectivity index (χ1n) is 9.58. The molecule has 1 N–H and O–H groups in total. The average Bonchev–Trinajstić information content (AvgIpc) is 2.92. The van der Waals surface area contributed by atoms with Gasteiger partial charge in [-0.3, -0.25) is 9.88 Å². The number of rotatable bonds is 3. The summed E-state index contributed by atoms with van der Waals surface area (Å²) in [4.78, 5) is 7.03. The fourth-order valence-corrected chi connectivity index (χ4v) is 5.08. The molecule has 3 nitrogen and oxygen atoms in total. The van der Waals surface area contributed by atoms with E-state index in [9.17, 15) is 5.11 Å². The summed E-state index contributed by atoms with van der Waals surface area (Å²) < 4.78 is 0. The molecule has 2 saturated heterocycles. The first-order chi connectivity index (χ1) is 12.7. The first kappa shape index (κ1) is 16.0. The number of hydrogen-bond acceptors (Lipinski definition) is 3. The molecule has 0 amide bonds. The van der Waals surface area contributed by atoms with Crippen LogP contribution in [0.1, 0.15) is 36.8 Å². The lowest BCUT2D eigenvalue weighted by atomic mass is 9.79. The van der Waals surface area contributed by atoms with Crippen molar-refractivity contribution in [1.82, 2.24) is 9.88 Å². The number of aromatic nitrogens is 1. The molecule has 2 atom stereocenters. The van der Waals surface area contributed by atoms with Crippen molar-refractivity contribution in [2.75, 3.05) is 0 Å². The largest absolute Gasteiger partial charge is 0.385 e. The Morgan fingerprint density at radius 3 is 2.38 bits per heavy atom. The van der Waals surface area contributed by atoms with Crippen molar-refractivity contribution in [3.63, 3.8) is 0 Å². The number of pyridine rings is 1. The molecule has 0 saturated carbocycles. The molecule has 2 aromatic carbocycles. The van der Waals surface area contributed by atoms with Crippen LogP contribution < -0.4 is 0 Å². The van der Waals surface area contributed by atoms with Crippen LogP contribution in [0.25, 0.3) is 10.8 Å². The van der Waals surface area contributed by atoms with E-state index in [1.54, 1.807) is 0 Å². The van der Waals surface area contributed by atoms with E-state index >= 15 is 0 Å². The lowest BCUT2D eigenvalue weighted by molar-refractivity contribution is -0.0586. The van der Waals surface area contributed by atoms with Crippen molar-refractivity contribution in [3.05, 3.63) is 78.1 Å². The quantitative estimate of drug-likeness (QED) is 0.772. The summed E-state index contributed by atoms with van der Waals surface area (Å²) in [5, 5.41) is 13.9. The summed E-state index contributed by atoms with van der Waals surface area (Å²) in [7, 11) is 0. The van der Waals surface area contributed by atoms with Gasteiger partial charge in [-0.25, -0.2) is 0 Å². The zero-order chi connectivity index (χ0) is 17.6. The van der Waals surface area contributed by atoms with Crippen LogP contribution in [-0.4, -0.2) is 27.1 Å². The fraction of sp³-hybridized carbons (Fsp3) is 0.348. The van der Waals surface area contributed by atoms with Gasteiger partial charge in [-0.2, -0.15) is 0 Å². The second-order valence-corrected chi connectivity index (χ2v) is 7.89. The summed E-state index contributed by atoms with van der Waals surface area (Å²) in [6.45, 7) is 0.986. The minimum atomic E-state index is -0.771. The summed E-state index contributed by atoms with van der Waals surface area (Å²) >= 11 is 0. The number of nitrogens with zero attached hydrogens (tertiary/aromatic N) is 2. The highest BCUT2D eigenvalue weighted by molar-refractivity contribution is 5.85. The predicted octanol–water partition coefficient (Wildman–Crippen LogP) is 4.25. The SMILES string of the molecule is OC1(c2cncc3ccccc23)CC2CCC(C1)N2Cc1ccccc1. The van der Waals surface area contributed by atoms with Crippen molar-refractivity contribution >= 4 is 10.8 Å². The summed E-state index contributed by atoms with van der Waals surface area (Å²) in [6, 6.07) is 19.9. The van der Waals surface area contributed by atoms with Gasteiger partial charge >= 0.3 is 0 Å².